The number of ether oxygens (including phenoxy) is 2. The van der Waals surface area contributed by atoms with E-state index in [0.717, 1.165) is 17.0 Å². The summed E-state index contributed by atoms with van der Waals surface area (Å²) >= 11 is 0. The van der Waals surface area contributed by atoms with Crippen molar-refractivity contribution in [2.24, 2.45) is 7.05 Å². The Balaban J connectivity index is 1.57. The summed E-state index contributed by atoms with van der Waals surface area (Å²) < 4.78 is 28.7. The molecule has 5 rings (SSSR count). The molecular formula is C23H23FN6O3. The number of esters is 1. The molecule has 4 heterocycles. The SMILES string of the molecule is CCOC(=O)c1cn2c(NCc3c(F)ccc4c3CCO4)ncc(-c3cc(C)nn3C)c2n1. The molecule has 170 valence electrons. The van der Waals surface area contributed by atoms with Crippen molar-refractivity contribution in [1.82, 2.24) is 24.1 Å². The zero-order chi connectivity index (χ0) is 23.1. The molecule has 0 saturated carbocycles. The fraction of sp³-hybridized carbons (Fsp3) is 0.304. The quantitative estimate of drug-likeness (QED) is 0.450. The minimum atomic E-state index is -0.525. The van der Waals surface area contributed by atoms with Crippen molar-refractivity contribution < 1.29 is 18.7 Å². The van der Waals surface area contributed by atoms with Crippen molar-refractivity contribution in [3.63, 3.8) is 0 Å². The number of hydrogen-bond acceptors (Lipinski definition) is 7. The summed E-state index contributed by atoms with van der Waals surface area (Å²) in [5, 5.41) is 7.60. The third-order valence-corrected chi connectivity index (χ3v) is 5.62. The monoisotopic (exact) mass is 450 g/mol. The van der Waals surface area contributed by atoms with Gasteiger partial charge in [0.2, 0.25) is 5.95 Å². The van der Waals surface area contributed by atoms with Crippen LogP contribution >= 0.6 is 0 Å². The van der Waals surface area contributed by atoms with E-state index in [4.69, 9.17) is 9.47 Å². The number of benzene rings is 1. The number of carbonyl (C=O) groups is 1. The van der Waals surface area contributed by atoms with Crippen LogP contribution in [0.15, 0.2) is 30.6 Å². The summed E-state index contributed by atoms with van der Waals surface area (Å²) in [7, 11) is 1.83. The summed E-state index contributed by atoms with van der Waals surface area (Å²) in [6, 6.07) is 4.99. The van der Waals surface area contributed by atoms with Crippen molar-refractivity contribution in [3.8, 4) is 17.0 Å². The minimum absolute atomic E-state index is 0.160. The molecule has 1 aromatic carbocycles. The summed E-state index contributed by atoms with van der Waals surface area (Å²) in [6.07, 6.45) is 3.90. The molecule has 0 saturated heterocycles. The lowest BCUT2D eigenvalue weighted by Gasteiger charge is -2.13. The Kier molecular flexibility index (Phi) is 5.20. The Labute approximate surface area is 189 Å². The van der Waals surface area contributed by atoms with Crippen LogP contribution in [0.2, 0.25) is 0 Å². The number of fused-ring (bicyclic) bond motifs is 2. The van der Waals surface area contributed by atoms with Gasteiger partial charge in [0, 0.05) is 43.5 Å². The van der Waals surface area contributed by atoms with Gasteiger partial charge in [-0.25, -0.2) is 19.2 Å². The Bertz CT molecular complexity index is 1380. The van der Waals surface area contributed by atoms with E-state index < -0.39 is 5.97 Å². The lowest BCUT2D eigenvalue weighted by molar-refractivity contribution is 0.0520. The van der Waals surface area contributed by atoms with Crippen LogP contribution in [0.5, 0.6) is 5.75 Å². The smallest absolute Gasteiger partial charge is 0.358 e. The van der Waals surface area contributed by atoms with Gasteiger partial charge < -0.3 is 14.8 Å². The maximum Gasteiger partial charge on any atom is 0.358 e. The third kappa shape index (κ3) is 3.67. The number of carbonyl (C=O) groups excluding carboxylic acids is 1. The molecule has 0 aliphatic carbocycles. The van der Waals surface area contributed by atoms with Gasteiger partial charge in [0.15, 0.2) is 11.3 Å². The average molecular weight is 450 g/mol. The van der Waals surface area contributed by atoms with Crippen LogP contribution in [0.3, 0.4) is 0 Å². The van der Waals surface area contributed by atoms with Gasteiger partial charge in [-0.15, -0.1) is 0 Å². The molecular weight excluding hydrogens is 427 g/mol. The van der Waals surface area contributed by atoms with Crippen LogP contribution in [-0.4, -0.2) is 43.3 Å². The van der Waals surface area contributed by atoms with Crippen LogP contribution in [-0.2, 0) is 24.8 Å². The number of nitrogens with one attached hydrogen (secondary N) is 1. The van der Waals surface area contributed by atoms with Crippen molar-refractivity contribution >= 4 is 17.6 Å². The van der Waals surface area contributed by atoms with Gasteiger partial charge in [0.1, 0.15) is 11.6 Å². The molecule has 4 aromatic rings. The first-order valence-corrected chi connectivity index (χ1v) is 10.7. The van der Waals surface area contributed by atoms with Crippen LogP contribution in [0.4, 0.5) is 10.3 Å². The number of halogens is 1. The fourth-order valence-corrected chi connectivity index (χ4v) is 4.13. The Morgan fingerprint density at radius 3 is 2.97 bits per heavy atom. The molecule has 1 N–H and O–H groups in total. The lowest BCUT2D eigenvalue weighted by atomic mass is 10.0. The first-order valence-electron chi connectivity index (χ1n) is 10.7. The summed E-state index contributed by atoms with van der Waals surface area (Å²) in [6.45, 7) is 4.62. The highest BCUT2D eigenvalue weighted by atomic mass is 19.1. The predicted octanol–water partition coefficient (Wildman–Crippen LogP) is 3.30. The number of hydrogen-bond donors (Lipinski definition) is 1. The second-order valence-corrected chi connectivity index (χ2v) is 7.78. The minimum Gasteiger partial charge on any atom is -0.493 e. The van der Waals surface area contributed by atoms with Gasteiger partial charge >= 0.3 is 5.97 Å². The highest BCUT2D eigenvalue weighted by molar-refractivity contribution is 5.89. The highest BCUT2D eigenvalue weighted by Crippen LogP contribution is 2.31. The maximum atomic E-state index is 14.6. The van der Waals surface area contributed by atoms with E-state index in [1.54, 1.807) is 34.5 Å². The molecule has 0 spiro atoms. The second kappa shape index (κ2) is 8.19. The van der Waals surface area contributed by atoms with E-state index in [0.29, 0.717) is 41.5 Å². The van der Waals surface area contributed by atoms with Crippen molar-refractivity contribution in [2.75, 3.05) is 18.5 Å². The van der Waals surface area contributed by atoms with E-state index >= 15 is 0 Å². The van der Waals surface area contributed by atoms with Gasteiger partial charge in [-0.1, -0.05) is 0 Å². The number of rotatable bonds is 6. The molecule has 1 aliphatic rings. The number of anilines is 1. The molecule has 0 unspecified atom stereocenters. The molecule has 0 amide bonds. The molecule has 0 bridgehead atoms. The van der Waals surface area contributed by atoms with E-state index in [1.807, 2.05) is 20.0 Å². The standard InChI is InChI=1S/C23H23FN6O3/c1-4-32-22(31)18-12-30-21(27-18)16(19-9-13(2)28-29(19)3)11-26-23(30)25-10-15-14-7-8-33-20(14)6-5-17(15)24/h5-6,9,11-12H,4,7-8,10H2,1-3H3,(H,25,26). The Hall–Kier alpha value is -3.95. The largest absolute Gasteiger partial charge is 0.493 e. The Morgan fingerprint density at radius 1 is 1.36 bits per heavy atom. The van der Waals surface area contributed by atoms with Gasteiger partial charge in [0.05, 0.1) is 30.2 Å². The van der Waals surface area contributed by atoms with Crippen molar-refractivity contribution in [1.29, 1.82) is 0 Å². The third-order valence-electron chi connectivity index (χ3n) is 5.62. The first-order chi connectivity index (χ1) is 16.0. The molecule has 33 heavy (non-hydrogen) atoms. The summed E-state index contributed by atoms with van der Waals surface area (Å²) in [5.74, 6) is 0.304. The van der Waals surface area contributed by atoms with Gasteiger partial charge in [-0.3, -0.25) is 9.08 Å². The maximum absolute atomic E-state index is 14.6. The number of aryl methyl sites for hydroxylation is 2. The van der Waals surface area contributed by atoms with Crippen molar-refractivity contribution in [2.45, 2.75) is 26.8 Å². The van der Waals surface area contributed by atoms with Crippen LogP contribution in [0.25, 0.3) is 16.9 Å². The molecule has 0 radical (unpaired) electrons. The first kappa shape index (κ1) is 20.9. The van der Waals surface area contributed by atoms with Crippen LogP contribution < -0.4 is 10.1 Å². The van der Waals surface area contributed by atoms with Crippen LogP contribution in [0.1, 0.15) is 34.2 Å². The van der Waals surface area contributed by atoms with Gasteiger partial charge in [-0.2, -0.15) is 5.10 Å². The van der Waals surface area contributed by atoms with Gasteiger partial charge in [-0.05, 0) is 32.0 Å². The topological polar surface area (TPSA) is 95.6 Å². The van der Waals surface area contributed by atoms with E-state index in [2.05, 4.69) is 20.4 Å². The molecule has 0 atom stereocenters. The van der Waals surface area contributed by atoms with Crippen LogP contribution in [0, 0.1) is 12.7 Å². The van der Waals surface area contributed by atoms with Gasteiger partial charge in [0.25, 0.3) is 0 Å². The molecule has 9 nitrogen and oxygen atoms in total. The zero-order valence-electron chi connectivity index (χ0n) is 18.6. The van der Waals surface area contributed by atoms with Crippen molar-refractivity contribution in [3.05, 3.63) is 58.9 Å². The summed E-state index contributed by atoms with van der Waals surface area (Å²) in [5.41, 5.74) is 4.44. The zero-order valence-corrected chi connectivity index (χ0v) is 18.6. The highest BCUT2D eigenvalue weighted by Gasteiger charge is 2.22. The normalized spacial score (nSPS) is 12.6. The second-order valence-electron chi connectivity index (χ2n) is 7.78. The average Bonchev–Trinajstić information content (AvgIpc) is 3.51. The number of aromatic nitrogens is 5. The van der Waals surface area contributed by atoms with E-state index in [1.165, 1.54) is 6.07 Å². The predicted molar refractivity (Wildman–Crippen MR) is 119 cm³/mol. The Morgan fingerprint density at radius 2 is 2.21 bits per heavy atom. The van der Waals surface area contributed by atoms with E-state index in [-0.39, 0.29) is 24.7 Å². The number of imidazole rings is 1. The number of nitrogens with zero attached hydrogens (tertiary/aromatic N) is 5. The fourth-order valence-electron chi connectivity index (χ4n) is 4.13. The molecule has 10 heteroatoms. The van der Waals surface area contributed by atoms with E-state index in [9.17, 15) is 9.18 Å². The molecule has 1 aliphatic heterocycles. The molecule has 0 fully saturated rings. The molecule has 3 aromatic heterocycles. The lowest BCUT2D eigenvalue weighted by Crippen LogP contribution is -2.10. The summed E-state index contributed by atoms with van der Waals surface area (Å²) in [4.78, 5) is 21.5.